The maximum absolute atomic E-state index is 11.7. The van der Waals surface area contributed by atoms with Gasteiger partial charge in [-0.2, -0.15) is 8.42 Å². The first-order valence-corrected chi connectivity index (χ1v) is 8.87. The highest BCUT2D eigenvalue weighted by atomic mass is 32.2. The van der Waals surface area contributed by atoms with Gasteiger partial charge in [-0.15, -0.1) is 0 Å². The molecule has 0 saturated heterocycles. The van der Waals surface area contributed by atoms with Gasteiger partial charge in [-0.05, 0) is 37.3 Å². The largest absolute Gasteiger partial charge is 0.507 e. The second-order valence-corrected chi connectivity index (χ2v) is 7.06. The van der Waals surface area contributed by atoms with Crippen molar-refractivity contribution in [2.24, 2.45) is 0 Å². The Kier molecular flexibility index (Phi) is 4.26. The molecular formula is C17H14N2O6S. The zero-order valence-corrected chi connectivity index (χ0v) is 14.3. The first kappa shape index (κ1) is 17.6. The molecule has 134 valence electrons. The van der Waals surface area contributed by atoms with E-state index >= 15 is 0 Å². The van der Waals surface area contributed by atoms with Crippen LogP contribution in [0.1, 0.15) is 5.56 Å². The Morgan fingerprint density at radius 3 is 2.46 bits per heavy atom. The van der Waals surface area contributed by atoms with E-state index in [1.807, 2.05) is 0 Å². The van der Waals surface area contributed by atoms with Crippen molar-refractivity contribution >= 4 is 38.0 Å². The van der Waals surface area contributed by atoms with Gasteiger partial charge in [-0.1, -0.05) is 12.1 Å². The molecule has 0 fully saturated rings. The van der Waals surface area contributed by atoms with E-state index in [2.05, 4.69) is 5.32 Å². The van der Waals surface area contributed by atoms with Crippen molar-refractivity contribution in [1.82, 2.24) is 0 Å². The molecule has 0 unspecified atom stereocenters. The van der Waals surface area contributed by atoms with Gasteiger partial charge in [0.1, 0.15) is 10.6 Å². The molecule has 0 heterocycles. The number of nitro groups is 1. The Morgan fingerprint density at radius 1 is 1.12 bits per heavy atom. The number of nitrogens with zero attached hydrogens (tertiary/aromatic N) is 1. The lowest BCUT2D eigenvalue weighted by Gasteiger charge is -2.14. The molecule has 0 spiro atoms. The maximum atomic E-state index is 11.7. The van der Waals surface area contributed by atoms with Crippen molar-refractivity contribution < 1.29 is 23.0 Å². The van der Waals surface area contributed by atoms with Crippen LogP contribution in [0.2, 0.25) is 0 Å². The predicted molar refractivity (Wildman–Crippen MR) is 96.5 cm³/mol. The number of aromatic hydroxyl groups is 1. The van der Waals surface area contributed by atoms with Gasteiger partial charge >= 0.3 is 0 Å². The molecule has 8 nitrogen and oxygen atoms in total. The molecule has 0 atom stereocenters. The first-order chi connectivity index (χ1) is 12.2. The number of phenols is 1. The fraction of sp³-hybridized carbons (Fsp3) is 0.0588. The summed E-state index contributed by atoms with van der Waals surface area (Å²) in [4.78, 5) is 10.1. The third-order valence-electron chi connectivity index (χ3n) is 3.93. The van der Waals surface area contributed by atoms with Gasteiger partial charge in [0.05, 0.1) is 4.92 Å². The second-order valence-electron chi connectivity index (χ2n) is 5.67. The van der Waals surface area contributed by atoms with Gasteiger partial charge < -0.3 is 10.4 Å². The third-order valence-corrected chi connectivity index (χ3v) is 4.83. The molecule has 26 heavy (non-hydrogen) atoms. The number of hydrogen-bond acceptors (Lipinski definition) is 6. The monoisotopic (exact) mass is 374 g/mol. The molecule has 0 aliphatic rings. The molecule has 0 bridgehead atoms. The molecule has 3 rings (SSSR count). The van der Waals surface area contributed by atoms with Crippen molar-refractivity contribution in [2.75, 3.05) is 5.32 Å². The molecule has 3 aromatic rings. The van der Waals surface area contributed by atoms with Gasteiger partial charge in [-0.3, -0.25) is 14.7 Å². The minimum atomic E-state index is -4.53. The van der Waals surface area contributed by atoms with Gasteiger partial charge in [-0.25, -0.2) is 0 Å². The fourth-order valence-corrected chi connectivity index (χ4v) is 3.50. The van der Waals surface area contributed by atoms with E-state index in [1.54, 1.807) is 13.0 Å². The molecule has 0 radical (unpaired) electrons. The number of rotatable bonds is 4. The Morgan fingerprint density at radius 2 is 1.85 bits per heavy atom. The highest BCUT2D eigenvalue weighted by Gasteiger charge is 2.19. The molecule has 0 saturated carbocycles. The number of nitrogens with one attached hydrogen (secondary N) is 1. The van der Waals surface area contributed by atoms with E-state index in [0.717, 1.165) is 0 Å². The molecule has 3 N–H and O–H groups in total. The quantitative estimate of drug-likeness (QED) is 0.274. The minimum Gasteiger partial charge on any atom is -0.507 e. The van der Waals surface area contributed by atoms with Crippen LogP contribution in [0.25, 0.3) is 10.8 Å². The standard InChI is InChI=1S/C17H14N2O6S/c1-10-9-11(5-7-14(10)19(21)22)18-13-6-8-15(20)12-3-2-4-16(17(12)13)26(23,24)25/h2-9,18,20H,1H3,(H,23,24,25). The van der Waals surface area contributed by atoms with Gasteiger partial charge in [0.25, 0.3) is 15.8 Å². The van der Waals surface area contributed by atoms with Crippen molar-refractivity contribution in [1.29, 1.82) is 0 Å². The maximum Gasteiger partial charge on any atom is 0.295 e. The van der Waals surface area contributed by atoms with Crippen molar-refractivity contribution in [3.63, 3.8) is 0 Å². The SMILES string of the molecule is Cc1cc(Nc2ccc(O)c3cccc(S(=O)(=O)O)c23)ccc1[N+](=O)[O-]. The number of benzene rings is 3. The minimum absolute atomic E-state index is 0.0373. The van der Waals surface area contributed by atoms with Crippen LogP contribution in [0.4, 0.5) is 17.1 Å². The molecule has 9 heteroatoms. The summed E-state index contributed by atoms with van der Waals surface area (Å²) in [6.07, 6.45) is 0. The molecule has 3 aromatic carbocycles. The van der Waals surface area contributed by atoms with Crippen molar-refractivity contribution in [2.45, 2.75) is 11.8 Å². The lowest BCUT2D eigenvalue weighted by molar-refractivity contribution is -0.385. The number of aryl methyl sites for hydroxylation is 1. The van der Waals surface area contributed by atoms with E-state index in [4.69, 9.17) is 0 Å². The molecule has 0 aromatic heterocycles. The van der Waals surface area contributed by atoms with E-state index in [-0.39, 0.29) is 27.1 Å². The highest BCUT2D eigenvalue weighted by Crippen LogP contribution is 2.37. The lowest BCUT2D eigenvalue weighted by Crippen LogP contribution is -2.02. The zero-order chi connectivity index (χ0) is 19.1. The van der Waals surface area contributed by atoms with E-state index < -0.39 is 15.0 Å². The predicted octanol–water partition coefficient (Wildman–Crippen LogP) is 3.75. The summed E-state index contributed by atoms with van der Waals surface area (Å²) >= 11 is 0. The van der Waals surface area contributed by atoms with Crippen LogP contribution in [0.15, 0.2) is 53.4 Å². The van der Waals surface area contributed by atoms with Crippen molar-refractivity contribution in [3.8, 4) is 5.75 Å². The number of hydrogen-bond donors (Lipinski definition) is 3. The fourth-order valence-electron chi connectivity index (χ4n) is 2.77. The normalized spacial score (nSPS) is 11.5. The van der Waals surface area contributed by atoms with Crippen LogP contribution in [-0.2, 0) is 10.1 Å². The van der Waals surface area contributed by atoms with Gasteiger partial charge in [0.15, 0.2) is 0 Å². The summed E-state index contributed by atoms with van der Waals surface area (Å²) in [5, 5.41) is 24.3. The number of nitro benzene ring substituents is 1. The topological polar surface area (TPSA) is 130 Å². The second kappa shape index (κ2) is 6.28. The van der Waals surface area contributed by atoms with E-state index in [0.29, 0.717) is 16.9 Å². The highest BCUT2D eigenvalue weighted by molar-refractivity contribution is 7.86. The van der Waals surface area contributed by atoms with E-state index in [9.17, 15) is 28.2 Å². The van der Waals surface area contributed by atoms with Gasteiger partial charge in [0, 0.05) is 33.8 Å². The van der Waals surface area contributed by atoms with Crippen LogP contribution in [0.5, 0.6) is 5.75 Å². The first-order valence-electron chi connectivity index (χ1n) is 7.43. The average Bonchev–Trinajstić information content (AvgIpc) is 2.56. The molecular weight excluding hydrogens is 360 g/mol. The van der Waals surface area contributed by atoms with Gasteiger partial charge in [0.2, 0.25) is 0 Å². The molecule has 0 aliphatic carbocycles. The number of anilines is 2. The Balaban J connectivity index is 2.19. The smallest absolute Gasteiger partial charge is 0.295 e. The summed E-state index contributed by atoms with van der Waals surface area (Å²) in [6.45, 7) is 1.59. The van der Waals surface area contributed by atoms with Crippen molar-refractivity contribution in [3.05, 3.63) is 64.2 Å². The third kappa shape index (κ3) is 3.17. The summed E-state index contributed by atoms with van der Waals surface area (Å²) in [7, 11) is -4.53. The zero-order valence-electron chi connectivity index (χ0n) is 13.5. The van der Waals surface area contributed by atoms with Crippen LogP contribution in [-0.4, -0.2) is 23.0 Å². The summed E-state index contributed by atoms with van der Waals surface area (Å²) in [6, 6.07) is 11.4. The Labute approximate surface area is 148 Å². The van der Waals surface area contributed by atoms with Crippen LogP contribution in [0, 0.1) is 17.0 Å². The Hall–Kier alpha value is -3.17. The van der Waals surface area contributed by atoms with E-state index in [1.165, 1.54) is 42.5 Å². The molecule has 0 aliphatic heterocycles. The van der Waals surface area contributed by atoms with Crippen LogP contribution >= 0.6 is 0 Å². The summed E-state index contributed by atoms with van der Waals surface area (Å²) in [5.41, 5.74) is 1.20. The van der Waals surface area contributed by atoms with Crippen LogP contribution in [0.3, 0.4) is 0 Å². The average molecular weight is 374 g/mol. The Bertz CT molecular complexity index is 1140. The lowest BCUT2D eigenvalue weighted by atomic mass is 10.1. The number of fused-ring (bicyclic) bond motifs is 1. The summed E-state index contributed by atoms with van der Waals surface area (Å²) < 4.78 is 32.9. The molecule has 0 amide bonds. The van der Waals surface area contributed by atoms with Crippen LogP contribution < -0.4 is 5.32 Å². The summed E-state index contributed by atoms with van der Waals surface area (Å²) in [5.74, 6) is -0.143. The number of phenolic OH excluding ortho intramolecular Hbond substituents is 1.